The zero-order chi connectivity index (χ0) is 13.8. The minimum atomic E-state index is -1.01. The van der Waals surface area contributed by atoms with E-state index in [2.05, 4.69) is 4.98 Å². The number of aromatic carboxylic acids is 1. The van der Waals surface area contributed by atoms with Gasteiger partial charge >= 0.3 is 5.97 Å². The van der Waals surface area contributed by atoms with E-state index in [-0.39, 0.29) is 11.5 Å². The zero-order valence-electron chi connectivity index (χ0n) is 11.0. The molecule has 1 aromatic rings. The van der Waals surface area contributed by atoms with Crippen LogP contribution in [0, 0.1) is 5.92 Å². The first kappa shape index (κ1) is 13.5. The SMILES string of the molecule is CCN(C(=O)CC1CCC1)c1ccc(C(=O)O)cn1. The van der Waals surface area contributed by atoms with Gasteiger partial charge in [0.05, 0.1) is 5.56 Å². The van der Waals surface area contributed by atoms with Crippen LogP contribution in [0.3, 0.4) is 0 Å². The lowest BCUT2D eigenvalue weighted by atomic mass is 9.82. The summed E-state index contributed by atoms with van der Waals surface area (Å²) in [5, 5.41) is 8.82. The molecule has 1 aromatic heterocycles. The number of carbonyl (C=O) groups is 2. The summed E-state index contributed by atoms with van der Waals surface area (Å²) in [5.74, 6) is 0.0994. The lowest BCUT2D eigenvalue weighted by molar-refractivity contribution is -0.120. The van der Waals surface area contributed by atoms with Crippen LogP contribution < -0.4 is 4.90 Å². The van der Waals surface area contributed by atoms with Gasteiger partial charge in [0.1, 0.15) is 5.82 Å². The van der Waals surface area contributed by atoms with E-state index in [0.29, 0.717) is 24.7 Å². The molecule has 5 nitrogen and oxygen atoms in total. The fourth-order valence-electron chi connectivity index (χ4n) is 2.19. The second-order valence-corrected chi connectivity index (χ2v) is 4.85. The van der Waals surface area contributed by atoms with Crippen LogP contribution >= 0.6 is 0 Å². The predicted molar refractivity (Wildman–Crippen MR) is 71.2 cm³/mol. The molecule has 0 spiro atoms. The number of carboxylic acid groups (broad SMARTS) is 1. The van der Waals surface area contributed by atoms with Gasteiger partial charge in [-0.3, -0.25) is 9.69 Å². The number of anilines is 1. The molecule has 0 aromatic carbocycles. The molecule has 1 saturated carbocycles. The first-order valence-electron chi connectivity index (χ1n) is 6.61. The van der Waals surface area contributed by atoms with Crippen molar-refractivity contribution in [2.45, 2.75) is 32.6 Å². The largest absolute Gasteiger partial charge is 0.478 e. The lowest BCUT2D eigenvalue weighted by Crippen LogP contribution is -2.33. The summed E-state index contributed by atoms with van der Waals surface area (Å²) in [6.07, 6.45) is 5.34. The molecule has 5 heteroatoms. The molecule has 1 amide bonds. The van der Waals surface area contributed by atoms with E-state index in [4.69, 9.17) is 5.11 Å². The fourth-order valence-corrected chi connectivity index (χ4v) is 2.19. The van der Waals surface area contributed by atoms with Crippen molar-refractivity contribution in [1.82, 2.24) is 4.98 Å². The molecule has 1 fully saturated rings. The monoisotopic (exact) mass is 262 g/mol. The first-order chi connectivity index (χ1) is 9.11. The highest BCUT2D eigenvalue weighted by molar-refractivity contribution is 5.93. The summed E-state index contributed by atoms with van der Waals surface area (Å²) in [4.78, 5) is 28.6. The van der Waals surface area contributed by atoms with E-state index in [1.165, 1.54) is 18.7 Å². The molecule has 0 atom stereocenters. The van der Waals surface area contributed by atoms with E-state index in [1.807, 2.05) is 6.92 Å². The van der Waals surface area contributed by atoms with Gasteiger partial charge in [-0.1, -0.05) is 6.42 Å². The normalized spacial score (nSPS) is 14.8. The minimum absolute atomic E-state index is 0.0720. The summed E-state index contributed by atoms with van der Waals surface area (Å²) < 4.78 is 0. The Morgan fingerprint density at radius 3 is 2.58 bits per heavy atom. The Balaban J connectivity index is 2.07. The molecule has 102 valence electrons. The molecule has 1 heterocycles. The topological polar surface area (TPSA) is 70.5 Å². The molecule has 19 heavy (non-hydrogen) atoms. The second kappa shape index (κ2) is 5.82. The summed E-state index contributed by atoms with van der Waals surface area (Å²) in [6.45, 7) is 2.44. The van der Waals surface area contributed by atoms with Gasteiger partial charge in [-0.05, 0) is 37.8 Å². The van der Waals surface area contributed by atoms with Crippen molar-refractivity contribution in [3.8, 4) is 0 Å². The van der Waals surface area contributed by atoms with Gasteiger partial charge in [0.25, 0.3) is 0 Å². The van der Waals surface area contributed by atoms with Crippen LogP contribution in [-0.4, -0.2) is 28.5 Å². The van der Waals surface area contributed by atoms with E-state index < -0.39 is 5.97 Å². The molecule has 0 unspecified atom stereocenters. The van der Waals surface area contributed by atoms with Crippen LogP contribution in [0.25, 0.3) is 0 Å². The Bertz CT molecular complexity index is 466. The minimum Gasteiger partial charge on any atom is -0.478 e. The number of pyridine rings is 1. The highest BCUT2D eigenvalue weighted by Gasteiger charge is 2.24. The molecule has 0 saturated heterocycles. The Morgan fingerprint density at radius 1 is 1.42 bits per heavy atom. The van der Waals surface area contributed by atoms with Crippen molar-refractivity contribution < 1.29 is 14.7 Å². The van der Waals surface area contributed by atoms with Crippen LogP contribution in [0.15, 0.2) is 18.3 Å². The third-order valence-electron chi connectivity index (χ3n) is 3.58. The van der Waals surface area contributed by atoms with Crippen molar-refractivity contribution in [2.75, 3.05) is 11.4 Å². The van der Waals surface area contributed by atoms with Crippen molar-refractivity contribution in [3.63, 3.8) is 0 Å². The van der Waals surface area contributed by atoms with Crippen LogP contribution in [-0.2, 0) is 4.79 Å². The zero-order valence-corrected chi connectivity index (χ0v) is 11.0. The number of amides is 1. The van der Waals surface area contributed by atoms with E-state index in [9.17, 15) is 9.59 Å². The molecular weight excluding hydrogens is 244 g/mol. The predicted octanol–water partition coefficient (Wildman–Crippen LogP) is 2.32. The highest BCUT2D eigenvalue weighted by Crippen LogP contribution is 2.30. The Hall–Kier alpha value is -1.91. The number of rotatable bonds is 5. The third-order valence-corrected chi connectivity index (χ3v) is 3.58. The first-order valence-corrected chi connectivity index (χ1v) is 6.61. The third kappa shape index (κ3) is 3.10. The smallest absolute Gasteiger partial charge is 0.337 e. The van der Waals surface area contributed by atoms with Gasteiger partial charge in [0.15, 0.2) is 0 Å². The molecule has 1 aliphatic rings. The number of carboxylic acids is 1. The number of hydrogen-bond donors (Lipinski definition) is 1. The fraction of sp³-hybridized carbons (Fsp3) is 0.500. The van der Waals surface area contributed by atoms with Crippen LogP contribution in [0.4, 0.5) is 5.82 Å². The molecule has 0 radical (unpaired) electrons. The van der Waals surface area contributed by atoms with Crippen molar-refractivity contribution in [2.24, 2.45) is 5.92 Å². The second-order valence-electron chi connectivity index (χ2n) is 4.85. The Labute approximate surface area is 112 Å². The standard InChI is InChI=1S/C14H18N2O3/c1-2-16(13(17)8-10-4-3-5-10)12-7-6-11(9-15-12)14(18)19/h6-7,9-10H,2-5,8H2,1H3,(H,18,19). The van der Waals surface area contributed by atoms with E-state index in [0.717, 1.165) is 12.8 Å². The van der Waals surface area contributed by atoms with Crippen molar-refractivity contribution in [1.29, 1.82) is 0 Å². The van der Waals surface area contributed by atoms with Gasteiger partial charge in [-0.15, -0.1) is 0 Å². The molecule has 0 bridgehead atoms. The van der Waals surface area contributed by atoms with E-state index in [1.54, 1.807) is 11.0 Å². The van der Waals surface area contributed by atoms with Crippen LogP contribution in [0.1, 0.15) is 43.0 Å². The highest BCUT2D eigenvalue weighted by atomic mass is 16.4. The molecule has 1 N–H and O–H groups in total. The van der Waals surface area contributed by atoms with Crippen LogP contribution in [0.5, 0.6) is 0 Å². The summed E-state index contributed by atoms with van der Waals surface area (Å²) in [5.41, 5.74) is 0.131. The molecule has 0 aliphatic heterocycles. The Morgan fingerprint density at radius 2 is 2.16 bits per heavy atom. The maximum atomic E-state index is 12.2. The molecule has 2 rings (SSSR count). The average molecular weight is 262 g/mol. The quantitative estimate of drug-likeness (QED) is 0.884. The number of carbonyl (C=O) groups excluding carboxylic acids is 1. The van der Waals surface area contributed by atoms with Gasteiger partial charge in [0, 0.05) is 19.2 Å². The molecule has 1 aliphatic carbocycles. The van der Waals surface area contributed by atoms with Gasteiger partial charge in [-0.2, -0.15) is 0 Å². The summed E-state index contributed by atoms with van der Waals surface area (Å²) >= 11 is 0. The van der Waals surface area contributed by atoms with Crippen molar-refractivity contribution in [3.05, 3.63) is 23.9 Å². The maximum absolute atomic E-state index is 12.2. The van der Waals surface area contributed by atoms with Crippen LogP contribution in [0.2, 0.25) is 0 Å². The summed E-state index contributed by atoms with van der Waals surface area (Å²) in [6, 6.07) is 3.07. The lowest BCUT2D eigenvalue weighted by Gasteiger charge is -2.28. The summed E-state index contributed by atoms with van der Waals surface area (Å²) in [7, 11) is 0. The van der Waals surface area contributed by atoms with Gasteiger partial charge < -0.3 is 5.11 Å². The maximum Gasteiger partial charge on any atom is 0.337 e. The van der Waals surface area contributed by atoms with E-state index >= 15 is 0 Å². The average Bonchev–Trinajstić information content (AvgIpc) is 2.35. The number of nitrogens with zero attached hydrogens (tertiary/aromatic N) is 2. The van der Waals surface area contributed by atoms with Gasteiger partial charge in [-0.25, -0.2) is 9.78 Å². The van der Waals surface area contributed by atoms with Crippen molar-refractivity contribution >= 4 is 17.7 Å². The number of aromatic nitrogens is 1. The Kier molecular flexibility index (Phi) is 4.14. The molecular formula is C14H18N2O3. The van der Waals surface area contributed by atoms with Gasteiger partial charge in [0.2, 0.25) is 5.91 Å². The number of hydrogen-bond acceptors (Lipinski definition) is 3.